The molecule has 3 fully saturated rings. The molecule has 8 heteroatoms. The van der Waals surface area contributed by atoms with Crippen molar-refractivity contribution < 1.29 is 24.2 Å². The molecule has 190 valence electrons. The summed E-state index contributed by atoms with van der Waals surface area (Å²) in [6.45, 7) is 5.37. The van der Waals surface area contributed by atoms with E-state index in [2.05, 4.69) is 22.3 Å². The number of likely N-dealkylation sites (tertiary alicyclic amines) is 2. The fraction of sp³-hybridized carbons (Fsp3) is 0.464. The lowest BCUT2D eigenvalue weighted by Gasteiger charge is -2.25. The van der Waals surface area contributed by atoms with E-state index in [4.69, 9.17) is 9.84 Å². The van der Waals surface area contributed by atoms with Gasteiger partial charge in [0.1, 0.15) is 0 Å². The molecule has 0 aromatic heterocycles. The molecule has 2 aromatic carbocycles. The number of benzene rings is 2. The van der Waals surface area contributed by atoms with Gasteiger partial charge in [-0.05, 0) is 54.5 Å². The summed E-state index contributed by atoms with van der Waals surface area (Å²) < 4.78 is 5.40. The molecular formula is C28H33N3O5. The lowest BCUT2D eigenvalue weighted by molar-refractivity contribution is -0.125. The third kappa shape index (κ3) is 5.44. The number of carboxylic acid groups (broad SMARTS) is 1. The van der Waals surface area contributed by atoms with Crippen LogP contribution in [0.5, 0.6) is 0 Å². The van der Waals surface area contributed by atoms with Crippen LogP contribution in [0.1, 0.15) is 45.2 Å². The number of carboxylic acids is 1. The third-order valence-corrected chi connectivity index (χ3v) is 7.78. The van der Waals surface area contributed by atoms with E-state index in [0.717, 1.165) is 51.1 Å². The van der Waals surface area contributed by atoms with Gasteiger partial charge in [0.15, 0.2) is 0 Å². The van der Waals surface area contributed by atoms with E-state index in [1.165, 1.54) is 12.1 Å². The van der Waals surface area contributed by atoms with Gasteiger partial charge in [-0.3, -0.25) is 9.59 Å². The first-order valence-electron chi connectivity index (χ1n) is 12.8. The second kappa shape index (κ2) is 10.8. The number of carbonyl (C=O) groups excluding carboxylic acids is 2. The summed E-state index contributed by atoms with van der Waals surface area (Å²) in [7, 11) is 0. The van der Waals surface area contributed by atoms with Gasteiger partial charge in [0.2, 0.25) is 5.91 Å². The molecule has 36 heavy (non-hydrogen) atoms. The summed E-state index contributed by atoms with van der Waals surface area (Å²) in [6, 6.07) is 16.3. The van der Waals surface area contributed by atoms with Gasteiger partial charge in [-0.2, -0.15) is 0 Å². The third-order valence-electron chi connectivity index (χ3n) is 7.78. The molecule has 8 nitrogen and oxygen atoms in total. The van der Waals surface area contributed by atoms with Crippen LogP contribution in [0, 0.1) is 17.8 Å². The van der Waals surface area contributed by atoms with Gasteiger partial charge < -0.3 is 25.0 Å². The Labute approximate surface area is 211 Å². The molecule has 3 aliphatic heterocycles. The summed E-state index contributed by atoms with van der Waals surface area (Å²) in [5.41, 5.74) is 1.84. The maximum absolute atomic E-state index is 12.9. The summed E-state index contributed by atoms with van der Waals surface area (Å²) in [5.74, 6) is -0.140. The van der Waals surface area contributed by atoms with Gasteiger partial charge in [-0.25, -0.2) is 4.79 Å². The number of ether oxygens (including phenoxy) is 1. The SMILES string of the molecule is O=C(O)c1ccc(C(=O)N2CC3CN(CC[C@H](NC(=O)C4CCOC4)c4ccccc4)CC3C2)cc1. The highest BCUT2D eigenvalue weighted by Crippen LogP contribution is 2.32. The number of nitrogens with zero attached hydrogens (tertiary/aromatic N) is 2. The Bertz CT molecular complexity index is 1070. The maximum Gasteiger partial charge on any atom is 0.335 e. The molecular weight excluding hydrogens is 458 g/mol. The normalized spacial score (nSPS) is 24.4. The molecule has 3 unspecified atom stereocenters. The number of hydrogen-bond acceptors (Lipinski definition) is 5. The van der Waals surface area contributed by atoms with Crippen molar-refractivity contribution >= 4 is 17.8 Å². The van der Waals surface area contributed by atoms with Crippen LogP contribution in [-0.2, 0) is 9.53 Å². The molecule has 0 aliphatic carbocycles. The van der Waals surface area contributed by atoms with Crippen LogP contribution >= 0.6 is 0 Å². The number of hydrogen-bond donors (Lipinski definition) is 2. The standard InChI is InChI=1S/C28H33N3O5/c32-26(22-11-13-36-18-22)29-25(19-4-2-1-3-5-19)10-12-30-14-23-16-31(17-24(23)15-30)27(33)20-6-8-21(9-7-20)28(34)35/h1-9,22-25H,10-18H2,(H,29,32)(H,34,35)/t22?,23?,24?,25-/m0/s1. The largest absolute Gasteiger partial charge is 0.478 e. The van der Waals surface area contributed by atoms with E-state index < -0.39 is 5.97 Å². The van der Waals surface area contributed by atoms with Crippen molar-refractivity contribution in [1.29, 1.82) is 0 Å². The minimum absolute atomic E-state index is 0.0318. The summed E-state index contributed by atoms with van der Waals surface area (Å²) in [6.07, 6.45) is 1.61. The van der Waals surface area contributed by atoms with Crippen molar-refractivity contribution in [1.82, 2.24) is 15.1 Å². The average Bonchev–Trinajstić information content (AvgIpc) is 3.64. The Morgan fingerprint density at radius 3 is 2.22 bits per heavy atom. The molecule has 2 N–H and O–H groups in total. The molecule has 3 aliphatic rings. The highest BCUT2D eigenvalue weighted by atomic mass is 16.5. The molecule has 2 amide bonds. The van der Waals surface area contributed by atoms with Crippen LogP contribution in [0.4, 0.5) is 0 Å². The van der Waals surface area contributed by atoms with Crippen molar-refractivity contribution in [2.75, 3.05) is 45.9 Å². The fourth-order valence-corrected chi connectivity index (χ4v) is 5.73. The Morgan fingerprint density at radius 1 is 0.944 bits per heavy atom. The highest BCUT2D eigenvalue weighted by Gasteiger charge is 2.41. The highest BCUT2D eigenvalue weighted by molar-refractivity contribution is 5.96. The number of aromatic carboxylic acids is 1. The lowest BCUT2D eigenvalue weighted by Crippen LogP contribution is -2.37. The molecule has 4 atom stereocenters. The number of amides is 2. The number of nitrogens with one attached hydrogen (secondary N) is 1. The van der Waals surface area contributed by atoms with Crippen molar-refractivity contribution in [2.45, 2.75) is 18.9 Å². The molecule has 5 rings (SSSR count). The Balaban J connectivity index is 1.14. The predicted molar refractivity (Wildman–Crippen MR) is 134 cm³/mol. The summed E-state index contributed by atoms with van der Waals surface area (Å²) >= 11 is 0. The Morgan fingerprint density at radius 2 is 1.61 bits per heavy atom. The second-order valence-electron chi connectivity index (χ2n) is 10.2. The zero-order chi connectivity index (χ0) is 25.1. The zero-order valence-electron chi connectivity index (χ0n) is 20.3. The molecule has 2 aromatic rings. The van der Waals surface area contributed by atoms with Crippen LogP contribution in [0.25, 0.3) is 0 Å². The van der Waals surface area contributed by atoms with Gasteiger partial charge in [0.05, 0.1) is 24.1 Å². The van der Waals surface area contributed by atoms with Gasteiger partial charge in [0.25, 0.3) is 5.91 Å². The minimum Gasteiger partial charge on any atom is -0.478 e. The van der Waals surface area contributed by atoms with Gasteiger partial charge in [-0.1, -0.05) is 30.3 Å². The second-order valence-corrected chi connectivity index (χ2v) is 10.2. The van der Waals surface area contributed by atoms with E-state index in [1.807, 2.05) is 23.1 Å². The van der Waals surface area contributed by atoms with Crippen LogP contribution in [-0.4, -0.2) is 78.6 Å². The quantitative estimate of drug-likeness (QED) is 0.589. The molecule has 0 spiro atoms. The summed E-state index contributed by atoms with van der Waals surface area (Å²) in [5, 5.41) is 12.3. The van der Waals surface area contributed by atoms with Crippen molar-refractivity contribution in [3.63, 3.8) is 0 Å². The average molecular weight is 492 g/mol. The van der Waals surface area contributed by atoms with E-state index >= 15 is 0 Å². The maximum atomic E-state index is 12.9. The van der Waals surface area contributed by atoms with E-state index in [9.17, 15) is 14.4 Å². The molecule has 3 heterocycles. The van der Waals surface area contributed by atoms with Gasteiger partial charge in [-0.15, -0.1) is 0 Å². The number of rotatable bonds is 8. The summed E-state index contributed by atoms with van der Waals surface area (Å²) in [4.78, 5) is 41.1. The lowest BCUT2D eigenvalue weighted by atomic mass is 10.0. The zero-order valence-corrected chi connectivity index (χ0v) is 20.3. The van der Waals surface area contributed by atoms with Crippen LogP contribution in [0.3, 0.4) is 0 Å². The smallest absolute Gasteiger partial charge is 0.335 e. The molecule has 0 radical (unpaired) electrons. The fourth-order valence-electron chi connectivity index (χ4n) is 5.73. The molecule has 0 saturated carbocycles. The van der Waals surface area contributed by atoms with Gasteiger partial charge in [0, 0.05) is 44.9 Å². The predicted octanol–water partition coefficient (Wildman–Crippen LogP) is 2.67. The first-order valence-corrected chi connectivity index (χ1v) is 12.8. The van der Waals surface area contributed by atoms with Gasteiger partial charge >= 0.3 is 5.97 Å². The number of carbonyl (C=O) groups is 3. The van der Waals surface area contributed by atoms with Crippen LogP contribution < -0.4 is 5.32 Å². The first-order chi connectivity index (χ1) is 17.5. The van der Waals surface area contributed by atoms with Crippen molar-refractivity contribution in [3.8, 4) is 0 Å². The minimum atomic E-state index is -0.994. The molecule has 0 bridgehead atoms. The topological polar surface area (TPSA) is 99.2 Å². The van der Waals surface area contributed by atoms with Crippen molar-refractivity contribution in [2.24, 2.45) is 17.8 Å². The van der Waals surface area contributed by atoms with E-state index in [-0.39, 0.29) is 29.3 Å². The molecule has 3 saturated heterocycles. The Hall–Kier alpha value is -3.23. The van der Waals surface area contributed by atoms with E-state index in [0.29, 0.717) is 30.6 Å². The van der Waals surface area contributed by atoms with Crippen LogP contribution in [0.2, 0.25) is 0 Å². The monoisotopic (exact) mass is 491 g/mol. The first kappa shape index (κ1) is 24.5. The number of fused-ring (bicyclic) bond motifs is 1. The van der Waals surface area contributed by atoms with Crippen LogP contribution in [0.15, 0.2) is 54.6 Å². The van der Waals surface area contributed by atoms with E-state index in [1.54, 1.807) is 12.1 Å². The van der Waals surface area contributed by atoms with Crippen molar-refractivity contribution in [3.05, 3.63) is 71.3 Å². The Kier molecular flexibility index (Phi) is 7.34.